The van der Waals surface area contributed by atoms with Crippen LogP contribution >= 0.6 is 11.8 Å². The number of nitrogens with one attached hydrogen (secondary N) is 1. The summed E-state index contributed by atoms with van der Waals surface area (Å²) in [5, 5.41) is 3.43. The van der Waals surface area contributed by atoms with Gasteiger partial charge in [-0.05, 0) is 37.5 Å². The monoisotopic (exact) mass is 443 g/mol. The second kappa shape index (κ2) is 9.51. The molecule has 4 rings (SSSR count). The van der Waals surface area contributed by atoms with Gasteiger partial charge in [0, 0.05) is 41.2 Å². The van der Waals surface area contributed by atoms with Crippen molar-refractivity contribution in [1.29, 1.82) is 0 Å². The van der Waals surface area contributed by atoms with Crippen molar-refractivity contribution < 1.29 is 18.4 Å². The maximum Gasteiger partial charge on any atom is 0.242 e. The van der Waals surface area contributed by atoms with Gasteiger partial charge in [-0.2, -0.15) is 0 Å². The smallest absolute Gasteiger partial charge is 0.242 e. The van der Waals surface area contributed by atoms with Crippen molar-refractivity contribution >= 4 is 40.2 Å². The van der Waals surface area contributed by atoms with Crippen LogP contribution in [0.2, 0.25) is 0 Å². The molecule has 0 spiro atoms. The molecule has 0 atom stereocenters. The van der Waals surface area contributed by atoms with Crippen molar-refractivity contribution in [3.05, 3.63) is 60.3 Å². The number of amides is 2. The minimum atomic E-state index is -0.814. The third kappa shape index (κ3) is 5.07. The van der Waals surface area contributed by atoms with Crippen LogP contribution in [0.3, 0.4) is 0 Å². The number of nitrogens with zero attached hydrogens (tertiary/aromatic N) is 2. The first kappa shape index (κ1) is 21.4. The minimum Gasteiger partial charge on any atom is -0.341 e. The van der Waals surface area contributed by atoms with Crippen LogP contribution in [0, 0.1) is 11.6 Å². The van der Waals surface area contributed by atoms with E-state index in [4.69, 9.17) is 0 Å². The molecule has 31 heavy (non-hydrogen) atoms. The Balaban J connectivity index is 1.45. The lowest BCUT2D eigenvalue weighted by atomic mass is 10.1. The van der Waals surface area contributed by atoms with E-state index in [-0.39, 0.29) is 23.9 Å². The van der Waals surface area contributed by atoms with Crippen LogP contribution in [0.5, 0.6) is 0 Å². The zero-order valence-electron chi connectivity index (χ0n) is 16.9. The number of para-hydroxylation sites is 1. The van der Waals surface area contributed by atoms with Crippen LogP contribution in [0.1, 0.15) is 19.3 Å². The molecule has 1 saturated heterocycles. The molecule has 1 aromatic heterocycles. The predicted octanol–water partition coefficient (Wildman–Crippen LogP) is 4.66. The van der Waals surface area contributed by atoms with Gasteiger partial charge in [0.05, 0.1) is 11.4 Å². The summed E-state index contributed by atoms with van der Waals surface area (Å²) in [5.41, 5.74) is 0.877. The van der Waals surface area contributed by atoms with Crippen molar-refractivity contribution in [1.82, 2.24) is 9.47 Å². The molecule has 1 aliphatic rings. The largest absolute Gasteiger partial charge is 0.341 e. The van der Waals surface area contributed by atoms with Gasteiger partial charge in [0.25, 0.3) is 0 Å². The third-order valence-electron chi connectivity index (χ3n) is 5.33. The van der Waals surface area contributed by atoms with E-state index in [0.29, 0.717) is 0 Å². The van der Waals surface area contributed by atoms with Crippen LogP contribution in [-0.4, -0.2) is 40.1 Å². The zero-order chi connectivity index (χ0) is 21.8. The average molecular weight is 444 g/mol. The van der Waals surface area contributed by atoms with Crippen molar-refractivity contribution in [2.75, 3.05) is 24.2 Å². The second-order valence-electron chi connectivity index (χ2n) is 7.54. The summed E-state index contributed by atoms with van der Waals surface area (Å²) in [4.78, 5) is 27.8. The number of hydrogen-bond acceptors (Lipinski definition) is 3. The van der Waals surface area contributed by atoms with Gasteiger partial charge in [-0.15, -0.1) is 11.8 Å². The van der Waals surface area contributed by atoms with Gasteiger partial charge in [-0.1, -0.05) is 18.2 Å². The molecule has 0 bridgehead atoms. The average Bonchev–Trinajstić information content (AvgIpc) is 3.12. The highest BCUT2D eigenvalue weighted by Crippen LogP contribution is 2.30. The Labute approximate surface area is 183 Å². The number of carbonyl (C=O) groups is 2. The lowest BCUT2D eigenvalue weighted by molar-refractivity contribution is -0.132. The van der Waals surface area contributed by atoms with Crippen molar-refractivity contribution in [2.24, 2.45) is 0 Å². The molecule has 3 aromatic rings. The molecule has 1 aliphatic heterocycles. The molecule has 1 fully saturated rings. The quantitative estimate of drug-likeness (QED) is 0.564. The number of piperidine rings is 1. The third-order valence-corrected chi connectivity index (χ3v) is 6.37. The molecule has 2 amide bonds. The highest BCUT2D eigenvalue weighted by Gasteiger charge is 2.19. The summed E-state index contributed by atoms with van der Waals surface area (Å²) in [6.45, 7) is 1.87. The zero-order valence-corrected chi connectivity index (χ0v) is 17.8. The van der Waals surface area contributed by atoms with Crippen molar-refractivity contribution in [3.8, 4) is 0 Å². The van der Waals surface area contributed by atoms with E-state index in [1.165, 1.54) is 24.2 Å². The number of aromatic nitrogens is 1. The van der Waals surface area contributed by atoms with E-state index in [2.05, 4.69) is 5.32 Å². The van der Waals surface area contributed by atoms with Gasteiger partial charge < -0.3 is 14.8 Å². The number of benzene rings is 2. The van der Waals surface area contributed by atoms with Crippen LogP contribution in [0.25, 0.3) is 10.9 Å². The number of anilines is 1. The maximum atomic E-state index is 13.8. The van der Waals surface area contributed by atoms with E-state index >= 15 is 0 Å². The molecule has 0 saturated carbocycles. The molecule has 2 aromatic carbocycles. The van der Waals surface area contributed by atoms with Crippen LogP contribution < -0.4 is 5.32 Å². The lowest BCUT2D eigenvalue weighted by Gasteiger charge is -2.27. The number of thioether (sulfide) groups is 1. The topological polar surface area (TPSA) is 54.3 Å². The summed E-state index contributed by atoms with van der Waals surface area (Å²) < 4.78 is 28.7. The van der Waals surface area contributed by atoms with Crippen LogP contribution in [0.15, 0.2) is 53.6 Å². The number of halogens is 2. The van der Waals surface area contributed by atoms with Crippen molar-refractivity contribution in [2.45, 2.75) is 30.7 Å². The summed E-state index contributed by atoms with van der Waals surface area (Å²) in [6.07, 6.45) is 5.15. The molecular formula is C23H23F2N3O2S. The molecule has 162 valence electrons. The fourth-order valence-electron chi connectivity index (χ4n) is 3.77. The summed E-state index contributed by atoms with van der Waals surface area (Å²) in [6, 6.07) is 10.8. The van der Waals surface area contributed by atoms with Gasteiger partial charge in [0.2, 0.25) is 11.8 Å². The molecule has 8 heteroatoms. The van der Waals surface area contributed by atoms with Gasteiger partial charge in [-0.25, -0.2) is 8.78 Å². The Morgan fingerprint density at radius 1 is 1.03 bits per heavy atom. The predicted molar refractivity (Wildman–Crippen MR) is 118 cm³/mol. The SMILES string of the molecule is O=C(CSc1cn(CC(=O)N2CCCCC2)c2ccccc12)Nc1ccc(F)cc1F. The molecular weight excluding hydrogens is 420 g/mol. The number of carbonyl (C=O) groups excluding carboxylic acids is 2. The Morgan fingerprint density at radius 2 is 1.81 bits per heavy atom. The van der Waals surface area contributed by atoms with Gasteiger partial charge in [0.1, 0.15) is 18.2 Å². The van der Waals surface area contributed by atoms with E-state index in [0.717, 1.165) is 53.9 Å². The highest BCUT2D eigenvalue weighted by atomic mass is 32.2. The first-order valence-corrected chi connectivity index (χ1v) is 11.2. The Bertz CT molecular complexity index is 1110. The second-order valence-corrected chi connectivity index (χ2v) is 8.56. The number of fused-ring (bicyclic) bond motifs is 1. The first-order valence-electron chi connectivity index (χ1n) is 10.2. The summed E-state index contributed by atoms with van der Waals surface area (Å²) in [7, 11) is 0. The molecule has 5 nitrogen and oxygen atoms in total. The van der Waals surface area contributed by atoms with Gasteiger partial charge >= 0.3 is 0 Å². The standard InChI is InChI=1S/C23H23F2N3O2S/c24-16-8-9-19(18(25)12-16)26-22(29)15-31-21-13-28(20-7-3-2-6-17(20)21)14-23(30)27-10-4-1-5-11-27/h2-3,6-9,12-13H,1,4-5,10-11,14-15H2,(H,26,29). The lowest BCUT2D eigenvalue weighted by Crippen LogP contribution is -2.37. The number of rotatable bonds is 6. The van der Waals surface area contributed by atoms with Gasteiger partial charge in [-0.3, -0.25) is 9.59 Å². The fraction of sp³-hybridized carbons (Fsp3) is 0.304. The van der Waals surface area contributed by atoms with E-state index in [9.17, 15) is 18.4 Å². The van der Waals surface area contributed by atoms with Crippen LogP contribution in [-0.2, 0) is 16.1 Å². The Morgan fingerprint density at radius 3 is 2.58 bits per heavy atom. The summed E-state index contributed by atoms with van der Waals surface area (Å²) in [5.74, 6) is -1.74. The Hall–Kier alpha value is -2.87. The number of hydrogen-bond donors (Lipinski definition) is 1. The highest BCUT2D eigenvalue weighted by molar-refractivity contribution is 8.00. The molecule has 2 heterocycles. The van der Waals surface area contributed by atoms with E-state index in [1.807, 2.05) is 39.9 Å². The van der Waals surface area contributed by atoms with Crippen molar-refractivity contribution in [3.63, 3.8) is 0 Å². The van der Waals surface area contributed by atoms with Gasteiger partial charge in [0.15, 0.2) is 0 Å². The summed E-state index contributed by atoms with van der Waals surface area (Å²) >= 11 is 1.32. The maximum absolute atomic E-state index is 13.8. The van der Waals surface area contributed by atoms with E-state index in [1.54, 1.807) is 0 Å². The molecule has 0 radical (unpaired) electrons. The molecule has 0 aliphatic carbocycles. The minimum absolute atomic E-state index is 0.0541. The van der Waals surface area contributed by atoms with Crippen LogP contribution in [0.4, 0.5) is 14.5 Å². The first-order chi connectivity index (χ1) is 15.0. The Kier molecular flexibility index (Phi) is 6.56. The normalized spacial score (nSPS) is 14.1. The molecule has 0 unspecified atom stereocenters. The molecule has 1 N–H and O–H groups in total. The number of likely N-dealkylation sites (tertiary alicyclic amines) is 1. The van der Waals surface area contributed by atoms with E-state index < -0.39 is 17.5 Å². The fourth-order valence-corrected chi connectivity index (χ4v) is 4.66.